The molecule has 1 amide bonds. The molecule has 0 N–H and O–H groups in total. The summed E-state index contributed by atoms with van der Waals surface area (Å²) in [5, 5.41) is 0.243. The number of benzene rings is 2. The maximum atomic E-state index is 12.4. The van der Waals surface area contributed by atoms with Gasteiger partial charge in [0.15, 0.2) is 0 Å². The van der Waals surface area contributed by atoms with Gasteiger partial charge in [-0.2, -0.15) is 0 Å². The molecule has 2 aromatic rings. The van der Waals surface area contributed by atoms with Crippen LogP contribution >= 0.6 is 11.6 Å². The van der Waals surface area contributed by atoms with E-state index in [1.165, 1.54) is 5.56 Å². The number of carbonyl (C=O) groups is 1. The first-order chi connectivity index (χ1) is 9.75. The number of carbonyl (C=O) groups excluding carboxylic acids is 1. The molecule has 0 fully saturated rings. The Kier molecular flexibility index (Phi) is 3.57. The van der Waals surface area contributed by atoms with Crippen molar-refractivity contribution in [2.45, 2.75) is 6.42 Å². The molecular weight excluding hydrogens is 270 g/mol. The lowest BCUT2D eigenvalue weighted by molar-refractivity contribution is -0.114. The maximum absolute atomic E-state index is 12.4. The summed E-state index contributed by atoms with van der Waals surface area (Å²) in [6.07, 6.45) is 2.60. The Morgan fingerprint density at radius 1 is 1.05 bits per heavy atom. The van der Waals surface area contributed by atoms with Crippen LogP contribution in [0.25, 0.3) is 6.08 Å². The Morgan fingerprint density at radius 3 is 2.55 bits per heavy atom. The van der Waals surface area contributed by atoms with Gasteiger partial charge >= 0.3 is 0 Å². The van der Waals surface area contributed by atoms with Crippen molar-refractivity contribution in [3.63, 3.8) is 0 Å². The average molecular weight is 284 g/mol. The number of hydrogen-bond donors (Lipinski definition) is 0. The van der Waals surface area contributed by atoms with E-state index >= 15 is 0 Å². The summed E-state index contributed by atoms with van der Waals surface area (Å²) in [5.41, 5.74) is 3.10. The Hall–Kier alpha value is -2.06. The van der Waals surface area contributed by atoms with E-state index in [0.29, 0.717) is 6.54 Å². The first-order valence-electron chi connectivity index (χ1n) is 6.58. The summed E-state index contributed by atoms with van der Waals surface area (Å²) in [6.45, 7) is 0.691. The summed E-state index contributed by atoms with van der Waals surface area (Å²) in [6, 6.07) is 17.6. The maximum Gasteiger partial charge on any atom is 0.269 e. The van der Waals surface area contributed by atoms with Crippen LogP contribution in [0.4, 0.5) is 5.69 Å². The number of para-hydroxylation sites is 1. The van der Waals surface area contributed by atoms with Gasteiger partial charge in [-0.25, -0.2) is 0 Å². The monoisotopic (exact) mass is 283 g/mol. The van der Waals surface area contributed by atoms with Crippen molar-refractivity contribution in [1.82, 2.24) is 0 Å². The molecule has 0 atom stereocenters. The van der Waals surface area contributed by atoms with E-state index in [2.05, 4.69) is 6.07 Å². The second kappa shape index (κ2) is 5.51. The second-order valence-electron chi connectivity index (χ2n) is 4.74. The highest BCUT2D eigenvalue weighted by Gasteiger charge is 2.25. The molecule has 3 heteroatoms. The highest BCUT2D eigenvalue weighted by molar-refractivity contribution is 6.46. The van der Waals surface area contributed by atoms with Gasteiger partial charge in [0.2, 0.25) is 0 Å². The minimum absolute atomic E-state index is 0.138. The SMILES string of the molecule is O=C(C(Cl)=Cc1ccccc1)N1CCc2ccccc21. The number of nitrogens with zero attached hydrogens (tertiary/aromatic N) is 1. The number of amides is 1. The van der Waals surface area contributed by atoms with Crippen LogP contribution in [0, 0.1) is 0 Å². The molecule has 20 heavy (non-hydrogen) atoms. The van der Waals surface area contributed by atoms with Crippen LogP contribution in [0.5, 0.6) is 0 Å². The van der Waals surface area contributed by atoms with Gasteiger partial charge in [0.05, 0.1) is 0 Å². The fourth-order valence-corrected chi connectivity index (χ4v) is 2.66. The van der Waals surface area contributed by atoms with Gasteiger partial charge in [0.1, 0.15) is 5.03 Å². The van der Waals surface area contributed by atoms with E-state index in [4.69, 9.17) is 11.6 Å². The van der Waals surface area contributed by atoms with Gasteiger partial charge in [0, 0.05) is 12.2 Å². The zero-order valence-corrected chi connectivity index (χ0v) is 11.7. The summed E-state index contributed by atoms with van der Waals surface area (Å²) in [5.74, 6) is -0.138. The first-order valence-corrected chi connectivity index (χ1v) is 6.95. The van der Waals surface area contributed by atoms with Crippen molar-refractivity contribution in [3.05, 3.63) is 70.8 Å². The first kappa shape index (κ1) is 12.9. The van der Waals surface area contributed by atoms with Gasteiger partial charge < -0.3 is 4.90 Å². The molecular formula is C17H14ClNO. The van der Waals surface area contributed by atoms with Gasteiger partial charge in [-0.15, -0.1) is 0 Å². The lowest BCUT2D eigenvalue weighted by Crippen LogP contribution is -2.28. The normalized spacial score (nSPS) is 14.2. The van der Waals surface area contributed by atoms with Crippen molar-refractivity contribution in [1.29, 1.82) is 0 Å². The quantitative estimate of drug-likeness (QED) is 0.767. The number of fused-ring (bicyclic) bond motifs is 1. The van der Waals surface area contributed by atoms with Crippen molar-refractivity contribution < 1.29 is 4.79 Å². The minimum Gasteiger partial charge on any atom is -0.307 e. The third-order valence-electron chi connectivity index (χ3n) is 3.43. The molecule has 2 aromatic carbocycles. The standard InChI is InChI=1S/C17H14ClNO/c18-15(12-13-6-2-1-3-7-13)17(20)19-11-10-14-8-4-5-9-16(14)19/h1-9,12H,10-11H2. The summed E-state index contributed by atoms with van der Waals surface area (Å²) >= 11 is 6.18. The lowest BCUT2D eigenvalue weighted by Gasteiger charge is -2.16. The Balaban J connectivity index is 1.86. The molecule has 1 aliphatic rings. The molecule has 0 aliphatic carbocycles. The molecule has 1 heterocycles. The van der Waals surface area contributed by atoms with E-state index in [0.717, 1.165) is 17.7 Å². The molecule has 0 unspecified atom stereocenters. The summed E-state index contributed by atoms with van der Waals surface area (Å²) in [4.78, 5) is 14.2. The molecule has 0 saturated heterocycles. The van der Waals surface area contributed by atoms with Gasteiger partial charge in [-0.1, -0.05) is 60.1 Å². The van der Waals surface area contributed by atoms with Gasteiger partial charge in [-0.05, 0) is 29.7 Å². The highest BCUT2D eigenvalue weighted by atomic mass is 35.5. The number of rotatable bonds is 2. The molecule has 2 nitrogen and oxygen atoms in total. The second-order valence-corrected chi connectivity index (χ2v) is 5.15. The van der Waals surface area contributed by atoms with E-state index in [9.17, 15) is 4.79 Å². The minimum atomic E-state index is -0.138. The molecule has 0 spiro atoms. The third-order valence-corrected chi connectivity index (χ3v) is 3.70. The third kappa shape index (κ3) is 2.47. The van der Waals surface area contributed by atoms with Crippen molar-refractivity contribution in [3.8, 4) is 0 Å². The molecule has 0 aromatic heterocycles. The number of anilines is 1. The molecule has 1 aliphatic heterocycles. The molecule has 3 rings (SSSR count). The Bertz CT molecular complexity index is 664. The van der Waals surface area contributed by atoms with E-state index in [1.54, 1.807) is 11.0 Å². The predicted octanol–water partition coefficient (Wildman–Crippen LogP) is 3.86. The zero-order chi connectivity index (χ0) is 13.9. The van der Waals surface area contributed by atoms with E-state index < -0.39 is 0 Å². The van der Waals surface area contributed by atoms with Crippen molar-refractivity contribution in [2.24, 2.45) is 0 Å². The molecule has 0 radical (unpaired) electrons. The molecule has 100 valence electrons. The van der Waals surface area contributed by atoms with Crippen LogP contribution in [-0.4, -0.2) is 12.5 Å². The predicted molar refractivity (Wildman–Crippen MR) is 82.8 cm³/mol. The number of halogens is 1. The van der Waals surface area contributed by atoms with Gasteiger partial charge in [0.25, 0.3) is 5.91 Å². The van der Waals surface area contributed by atoms with Crippen LogP contribution in [-0.2, 0) is 11.2 Å². The highest BCUT2D eigenvalue weighted by Crippen LogP contribution is 2.29. The van der Waals surface area contributed by atoms with Gasteiger partial charge in [-0.3, -0.25) is 4.79 Å². The summed E-state index contributed by atoms with van der Waals surface area (Å²) in [7, 11) is 0. The topological polar surface area (TPSA) is 20.3 Å². The smallest absolute Gasteiger partial charge is 0.269 e. The fraction of sp³-hybridized carbons (Fsp3) is 0.118. The lowest BCUT2D eigenvalue weighted by atomic mass is 10.2. The van der Waals surface area contributed by atoms with Crippen molar-refractivity contribution in [2.75, 3.05) is 11.4 Å². The summed E-state index contributed by atoms with van der Waals surface area (Å²) < 4.78 is 0. The van der Waals surface area contributed by atoms with E-state index in [1.807, 2.05) is 48.5 Å². The fourth-order valence-electron chi connectivity index (χ4n) is 2.44. The van der Waals surface area contributed by atoms with Crippen LogP contribution in [0.15, 0.2) is 59.6 Å². The Labute approximate surface area is 123 Å². The van der Waals surface area contributed by atoms with E-state index in [-0.39, 0.29) is 10.9 Å². The molecule has 0 saturated carbocycles. The van der Waals surface area contributed by atoms with Crippen LogP contribution < -0.4 is 4.90 Å². The average Bonchev–Trinajstić information content (AvgIpc) is 2.91. The zero-order valence-electron chi connectivity index (χ0n) is 10.9. The molecule has 0 bridgehead atoms. The Morgan fingerprint density at radius 2 is 1.75 bits per heavy atom. The van der Waals surface area contributed by atoms with Crippen LogP contribution in [0.1, 0.15) is 11.1 Å². The van der Waals surface area contributed by atoms with Crippen molar-refractivity contribution >= 4 is 29.3 Å². The number of hydrogen-bond acceptors (Lipinski definition) is 1. The van der Waals surface area contributed by atoms with Crippen LogP contribution in [0.3, 0.4) is 0 Å². The largest absolute Gasteiger partial charge is 0.307 e. The van der Waals surface area contributed by atoms with Crippen LogP contribution in [0.2, 0.25) is 0 Å².